The fraction of sp³-hybridized carbons (Fsp3) is 0.500. The van der Waals surface area contributed by atoms with Crippen molar-refractivity contribution in [2.75, 3.05) is 52.2 Å². The molecule has 0 bridgehead atoms. The van der Waals surface area contributed by atoms with Crippen LogP contribution < -0.4 is 15.8 Å². The van der Waals surface area contributed by atoms with Gasteiger partial charge in [-0.2, -0.15) is 9.97 Å². The summed E-state index contributed by atoms with van der Waals surface area (Å²) >= 11 is 0. The van der Waals surface area contributed by atoms with Crippen LogP contribution in [0.15, 0.2) is 36.5 Å². The molecular weight excluding hydrogens is 632 g/mol. The van der Waals surface area contributed by atoms with E-state index in [2.05, 4.69) is 25.2 Å². The van der Waals surface area contributed by atoms with Crippen LogP contribution in [0.25, 0.3) is 32.9 Å². The molecule has 5 heterocycles. The Balaban J connectivity index is 1.02. The molecule has 49 heavy (non-hydrogen) atoms. The topological polar surface area (TPSA) is 139 Å². The molecule has 3 aliphatic heterocycles. The lowest BCUT2D eigenvalue weighted by molar-refractivity contribution is -0.131. The van der Waals surface area contributed by atoms with Gasteiger partial charge in [0.15, 0.2) is 5.82 Å². The lowest BCUT2D eigenvalue weighted by atomic mass is 9.94. The van der Waals surface area contributed by atoms with Crippen molar-refractivity contribution in [3.63, 3.8) is 0 Å². The zero-order chi connectivity index (χ0) is 34.1. The quantitative estimate of drug-likeness (QED) is 0.215. The fourth-order valence-electron chi connectivity index (χ4n) is 7.76. The number of nitrogens with one attached hydrogen (secondary N) is 1. The third kappa shape index (κ3) is 6.84. The number of phenolic OH excluding ortho intramolecular Hbond substituents is 1. The number of carbonyl (C=O) groups is 1. The van der Waals surface area contributed by atoms with Gasteiger partial charge in [-0.1, -0.05) is 25.0 Å². The van der Waals surface area contributed by atoms with Crippen molar-refractivity contribution in [3.8, 4) is 23.0 Å². The number of rotatable bonds is 10. The third-order valence-corrected chi connectivity index (χ3v) is 10.4. The molecule has 4 N–H and O–H groups in total. The van der Waals surface area contributed by atoms with Gasteiger partial charge in [0.2, 0.25) is 5.91 Å². The number of fused-ring (bicyclic) bond motifs is 3. The number of aromatic hydroxyl groups is 1. The van der Waals surface area contributed by atoms with Gasteiger partial charge in [-0.05, 0) is 68.8 Å². The molecule has 3 fully saturated rings. The van der Waals surface area contributed by atoms with Crippen LogP contribution in [0.3, 0.4) is 0 Å². The first-order chi connectivity index (χ1) is 23.7. The maximum Gasteiger partial charge on any atom is 0.319 e. The molecule has 13 heteroatoms. The summed E-state index contributed by atoms with van der Waals surface area (Å²) in [5.41, 5.74) is 5.75. The van der Waals surface area contributed by atoms with Gasteiger partial charge in [-0.25, -0.2) is 8.78 Å². The van der Waals surface area contributed by atoms with Crippen LogP contribution in [0.1, 0.15) is 51.4 Å². The normalized spacial score (nSPS) is 22.8. The molecule has 0 spiro atoms. The summed E-state index contributed by atoms with van der Waals surface area (Å²) in [4.78, 5) is 29.9. The Morgan fingerprint density at radius 2 is 2.08 bits per heavy atom. The summed E-state index contributed by atoms with van der Waals surface area (Å²) in [6.45, 7) is 3.90. The van der Waals surface area contributed by atoms with E-state index in [1.807, 2.05) is 7.05 Å². The van der Waals surface area contributed by atoms with Crippen molar-refractivity contribution in [3.05, 3.63) is 48.2 Å². The van der Waals surface area contributed by atoms with E-state index in [1.54, 1.807) is 11.0 Å². The number of nitrogen functional groups attached to an aromatic ring is 1. The molecule has 3 saturated heterocycles. The minimum atomic E-state index is -0.824. The number of hydrogen-bond donors (Lipinski definition) is 3. The van der Waals surface area contributed by atoms with Gasteiger partial charge < -0.3 is 30.5 Å². The molecule has 4 aromatic rings. The fourth-order valence-corrected chi connectivity index (χ4v) is 7.76. The maximum absolute atomic E-state index is 16.2. The molecule has 7 rings (SSSR count). The number of halogens is 2. The number of nitrogens with zero attached hydrogens (tertiary/aromatic N) is 5. The number of aromatic nitrogens is 3. The van der Waals surface area contributed by atoms with E-state index < -0.39 is 11.6 Å². The smallest absolute Gasteiger partial charge is 0.319 e. The largest absolute Gasteiger partial charge is 0.508 e. The third-order valence-electron chi connectivity index (χ3n) is 10.4. The van der Waals surface area contributed by atoms with Crippen LogP contribution in [0, 0.1) is 11.6 Å². The first-order valence-electron chi connectivity index (χ1n) is 17.2. The van der Waals surface area contributed by atoms with Gasteiger partial charge >= 0.3 is 6.01 Å². The van der Waals surface area contributed by atoms with Crippen molar-refractivity contribution >= 4 is 33.4 Å². The predicted molar refractivity (Wildman–Crippen MR) is 182 cm³/mol. The number of anilines is 1. The second kappa shape index (κ2) is 14.0. The number of likely N-dealkylation sites (N-methyl/N-ethyl adjacent to an activating group) is 1. The van der Waals surface area contributed by atoms with E-state index in [-0.39, 0.29) is 75.3 Å². The number of phenols is 1. The number of carbonyl (C=O) groups excluding carboxylic acids is 1. The van der Waals surface area contributed by atoms with Crippen LogP contribution in [0.4, 0.5) is 14.6 Å². The molecule has 0 saturated carbocycles. The van der Waals surface area contributed by atoms with Crippen LogP contribution in [-0.2, 0) is 9.53 Å². The molecule has 260 valence electrons. The number of hydrogen-bond acceptors (Lipinski definition) is 10. The first-order valence-corrected chi connectivity index (χ1v) is 17.2. The van der Waals surface area contributed by atoms with E-state index >= 15 is 4.39 Å². The Bertz CT molecular complexity index is 1850. The van der Waals surface area contributed by atoms with Crippen molar-refractivity contribution in [2.45, 2.75) is 69.1 Å². The zero-order valence-electron chi connectivity index (χ0n) is 27.8. The molecule has 1 amide bonds. The standard InChI is InChI=1S/C36H43F2N7O4/c1-44(29(47)16-23-8-3-2-4-11-40-23)13-14-48-25-18-36(10-6-12-45(36)20-25)21-49-35-42-33-27(34(39)43-35)19-41-32(31(33)38)26-17-24(46)15-22-7-5-9-28(37)30(22)26/h5,7,9,15,17,19,23,25,40,46H,2-4,6,8,10-14,16,18,20-21H2,1H3,(H2,39,42,43). The molecule has 2 aromatic heterocycles. The summed E-state index contributed by atoms with van der Waals surface area (Å²) < 4.78 is 43.5. The molecule has 0 aliphatic carbocycles. The number of nitrogens with two attached hydrogens (primary N) is 1. The lowest BCUT2D eigenvalue weighted by Gasteiger charge is -2.30. The van der Waals surface area contributed by atoms with E-state index in [1.165, 1.54) is 43.3 Å². The van der Waals surface area contributed by atoms with Gasteiger partial charge in [0.05, 0.1) is 23.6 Å². The summed E-state index contributed by atoms with van der Waals surface area (Å²) in [5.74, 6) is -1.40. The minimum absolute atomic E-state index is 0.00629. The van der Waals surface area contributed by atoms with Gasteiger partial charge in [-0.15, -0.1) is 0 Å². The lowest BCUT2D eigenvalue weighted by Crippen LogP contribution is -2.43. The average Bonchev–Trinajstić information content (AvgIpc) is 3.50. The predicted octanol–water partition coefficient (Wildman–Crippen LogP) is 4.79. The number of amides is 1. The van der Waals surface area contributed by atoms with E-state index in [0.29, 0.717) is 25.0 Å². The summed E-state index contributed by atoms with van der Waals surface area (Å²) in [6.07, 6.45) is 9.11. The van der Waals surface area contributed by atoms with Crippen molar-refractivity contribution < 1.29 is 28.2 Å². The molecule has 0 radical (unpaired) electrons. The molecule has 3 atom stereocenters. The highest BCUT2D eigenvalue weighted by Gasteiger charge is 2.49. The van der Waals surface area contributed by atoms with Gasteiger partial charge in [0, 0.05) is 49.7 Å². The van der Waals surface area contributed by atoms with Crippen LogP contribution in [0.2, 0.25) is 0 Å². The molecule has 11 nitrogen and oxygen atoms in total. The van der Waals surface area contributed by atoms with Crippen molar-refractivity contribution in [1.82, 2.24) is 30.1 Å². The number of pyridine rings is 1. The number of ether oxygens (including phenoxy) is 2. The van der Waals surface area contributed by atoms with Crippen LogP contribution in [-0.4, -0.2) is 99.9 Å². The Kier molecular flexibility index (Phi) is 9.49. The highest BCUT2D eigenvalue weighted by atomic mass is 19.1. The maximum atomic E-state index is 16.2. The molecule has 3 aliphatic rings. The van der Waals surface area contributed by atoms with Gasteiger partial charge in [0.25, 0.3) is 0 Å². The SMILES string of the molecule is CN(CCOC1CN2CCCC2(COc2nc(N)c3cnc(-c4cc(O)cc5cccc(F)c45)c(F)c3n2)C1)C(=O)CC1CCCCCN1. The first kappa shape index (κ1) is 33.3. The second-order valence-corrected chi connectivity index (χ2v) is 13.7. The molecule has 2 aromatic carbocycles. The van der Waals surface area contributed by atoms with E-state index in [9.17, 15) is 14.3 Å². The Hall–Kier alpha value is -4.20. The average molecular weight is 676 g/mol. The Morgan fingerprint density at radius 1 is 1.20 bits per heavy atom. The second-order valence-electron chi connectivity index (χ2n) is 13.7. The summed E-state index contributed by atoms with van der Waals surface area (Å²) in [7, 11) is 1.84. The van der Waals surface area contributed by atoms with Crippen molar-refractivity contribution in [1.29, 1.82) is 0 Å². The van der Waals surface area contributed by atoms with E-state index in [0.717, 1.165) is 51.7 Å². The zero-order valence-corrected chi connectivity index (χ0v) is 27.8. The van der Waals surface area contributed by atoms with Crippen LogP contribution >= 0.6 is 0 Å². The summed E-state index contributed by atoms with van der Waals surface area (Å²) in [6, 6.07) is 7.30. The summed E-state index contributed by atoms with van der Waals surface area (Å²) in [5, 5.41) is 14.5. The van der Waals surface area contributed by atoms with E-state index in [4.69, 9.17) is 15.2 Å². The number of benzene rings is 2. The molecule has 3 unspecified atom stereocenters. The Morgan fingerprint density at radius 3 is 2.96 bits per heavy atom. The van der Waals surface area contributed by atoms with Crippen LogP contribution in [0.5, 0.6) is 11.8 Å². The monoisotopic (exact) mass is 675 g/mol. The van der Waals surface area contributed by atoms with Gasteiger partial charge in [-0.3, -0.25) is 14.7 Å². The van der Waals surface area contributed by atoms with Crippen molar-refractivity contribution in [2.24, 2.45) is 0 Å². The van der Waals surface area contributed by atoms with Gasteiger partial charge in [0.1, 0.15) is 35.2 Å². The minimum Gasteiger partial charge on any atom is -0.508 e. The highest BCUT2D eigenvalue weighted by molar-refractivity contribution is 6.00. The Labute approximate surface area is 283 Å². The highest BCUT2D eigenvalue weighted by Crippen LogP contribution is 2.41. The molecular formula is C36H43F2N7O4.